The molecule has 3 N–H and O–H groups in total. The average molecular weight is 342 g/mol. The Morgan fingerprint density at radius 3 is 2.47 bits per heavy atom. The molecule has 0 aliphatic carbocycles. The fourth-order valence-corrected chi connectivity index (χ4v) is 2.05. The summed E-state index contributed by atoms with van der Waals surface area (Å²) in [5, 5.41) is 22.3. The van der Waals surface area contributed by atoms with Crippen LogP contribution in [0.2, 0.25) is 0 Å². The van der Waals surface area contributed by atoms with E-state index in [-0.39, 0.29) is 16.5 Å². The van der Waals surface area contributed by atoms with Gasteiger partial charge in [0.1, 0.15) is 6.10 Å². The van der Waals surface area contributed by atoms with E-state index in [9.17, 15) is 23.4 Å². The Hall–Kier alpha value is -0.630. The first-order chi connectivity index (χ1) is 8.77. The van der Waals surface area contributed by atoms with Crippen LogP contribution in [-0.2, 0) is 6.18 Å². The van der Waals surface area contributed by atoms with Crippen LogP contribution in [0.5, 0.6) is 0 Å². The normalized spacial score (nSPS) is 15.3. The molecule has 0 radical (unpaired) electrons. The van der Waals surface area contributed by atoms with Gasteiger partial charge in [0.25, 0.3) is 0 Å². The minimum absolute atomic E-state index is 0.158. The lowest BCUT2D eigenvalue weighted by molar-refractivity contribution is -0.140. The second-order valence-electron chi connectivity index (χ2n) is 4.13. The zero-order valence-corrected chi connectivity index (χ0v) is 11.8. The van der Waals surface area contributed by atoms with Crippen LogP contribution in [0.4, 0.5) is 13.2 Å². The monoisotopic (exact) mass is 341 g/mol. The van der Waals surface area contributed by atoms with Gasteiger partial charge in [-0.05, 0) is 37.7 Å². The number of aliphatic hydroxyl groups is 2. The van der Waals surface area contributed by atoms with Crippen LogP contribution in [-0.4, -0.2) is 29.9 Å². The summed E-state index contributed by atoms with van der Waals surface area (Å²) in [5.74, 6) is 0. The summed E-state index contributed by atoms with van der Waals surface area (Å²) in [7, 11) is 1.65. The number of halogens is 4. The third-order valence-corrected chi connectivity index (χ3v) is 3.19. The third kappa shape index (κ3) is 4.45. The minimum atomic E-state index is -4.58. The molecule has 1 rings (SSSR count). The SMILES string of the molecule is CNCCC(O)C(O)c1ccc(Br)cc1C(F)(F)F. The fraction of sp³-hybridized carbons (Fsp3) is 0.500. The van der Waals surface area contributed by atoms with Gasteiger partial charge in [-0.15, -0.1) is 0 Å². The Bertz CT molecular complexity index is 426. The summed E-state index contributed by atoms with van der Waals surface area (Å²) in [6, 6.07) is 3.46. The van der Waals surface area contributed by atoms with Crippen molar-refractivity contribution in [3.8, 4) is 0 Å². The molecular weight excluding hydrogens is 327 g/mol. The summed E-state index contributed by atoms with van der Waals surface area (Å²) in [6.07, 6.45) is -7.25. The lowest BCUT2D eigenvalue weighted by Gasteiger charge is -2.22. The smallest absolute Gasteiger partial charge is 0.390 e. The highest BCUT2D eigenvalue weighted by molar-refractivity contribution is 9.10. The third-order valence-electron chi connectivity index (χ3n) is 2.69. The van der Waals surface area contributed by atoms with E-state index in [0.29, 0.717) is 6.54 Å². The van der Waals surface area contributed by atoms with E-state index in [1.165, 1.54) is 12.1 Å². The number of rotatable bonds is 5. The summed E-state index contributed by atoms with van der Waals surface area (Å²) in [6.45, 7) is 0.399. The van der Waals surface area contributed by atoms with Gasteiger partial charge in [-0.3, -0.25) is 0 Å². The average Bonchev–Trinajstić information content (AvgIpc) is 2.34. The maximum atomic E-state index is 12.9. The van der Waals surface area contributed by atoms with Crippen molar-refractivity contribution in [1.29, 1.82) is 0 Å². The van der Waals surface area contributed by atoms with Gasteiger partial charge in [-0.25, -0.2) is 0 Å². The summed E-state index contributed by atoms with van der Waals surface area (Å²) < 4.78 is 38.9. The second-order valence-corrected chi connectivity index (χ2v) is 5.05. The van der Waals surface area contributed by atoms with Crippen LogP contribution in [0.3, 0.4) is 0 Å². The number of alkyl halides is 3. The molecule has 0 spiro atoms. The van der Waals surface area contributed by atoms with Crippen LogP contribution in [0.15, 0.2) is 22.7 Å². The molecule has 108 valence electrons. The Kier molecular flexibility index (Phi) is 5.79. The van der Waals surface area contributed by atoms with Crippen LogP contribution in [0.1, 0.15) is 23.7 Å². The summed E-state index contributed by atoms with van der Waals surface area (Å²) in [5.41, 5.74) is -1.27. The molecule has 2 unspecified atom stereocenters. The number of nitrogens with one attached hydrogen (secondary N) is 1. The van der Waals surface area contributed by atoms with E-state index in [2.05, 4.69) is 21.2 Å². The molecule has 0 amide bonds. The number of aliphatic hydroxyl groups excluding tert-OH is 2. The highest BCUT2D eigenvalue weighted by atomic mass is 79.9. The Morgan fingerprint density at radius 1 is 1.32 bits per heavy atom. The van der Waals surface area contributed by atoms with E-state index >= 15 is 0 Å². The topological polar surface area (TPSA) is 52.5 Å². The van der Waals surface area contributed by atoms with Gasteiger partial charge in [-0.1, -0.05) is 22.0 Å². The van der Waals surface area contributed by atoms with E-state index in [0.717, 1.165) is 6.07 Å². The molecule has 0 bridgehead atoms. The van der Waals surface area contributed by atoms with Crippen molar-refractivity contribution in [3.05, 3.63) is 33.8 Å². The first kappa shape index (κ1) is 16.4. The highest BCUT2D eigenvalue weighted by Gasteiger charge is 2.36. The van der Waals surface area contributed by atoms with Gasteiger partial charge < -0.3 is 15.5 Å². The molecule has 1 aromatic carbocycles. The van der Waals surface area contributed by atoms with Crippen molar-refractivity contribution in [2.45, 2.75) is 24.8 Å². The Morgan fingerprint density at radius 2 is 1.95 bits per heavy atom. The molecule has 0 aliphatic rings. The first-order valence-corrected chi connectivity index (χ1v) is 6.44. The van der Waals surface area contributed by atoms with Gasteiger partial charge in [-0.2, -0.15) is 13.2 Å². The second kappa shape index (κ2) is 6.69. The lowest BCUT2D eigenvalue weighted by Crippen LogP contribution is -2.25. The van der Waals surface area contributed by atoms with Gasteiger partial charge in [0.15, 0.2) is 0 Å². The van der Waals surface area contributed by atoms with Gasteiger partial charge in [0.05, 0.1) is 11.7 Å². The van der Waals surface area contributed by atoms with Crippen molar-refractivity contribution in [3.63, 3.8) is 0 Å². The van der Waals surface area contributed by atoms with Crippen molar-refractivity contribution in [1.82, 2.24) is 5.32 Å². The molecule has 19 heavy (non-hydrogen) atoms. The molecule has 0 aromatic heterocycles. The maximum Gasteiger partial charge on any atom is 0.416 e. The number of hydrogen-bond acceptors (Lipinski definition) is 3. The molecule has 0 saturated carbocycles. The Labute approximate surface area is 117 Å². The molecular formula is C12H15BrF3NO2. The number of hydrogen-bond donors (Lipinski definition) is 3. The molecule has 0 fully saturated rings. The molecule has 0 aliphatic heterocycles. The number of benzene rings is 1. The highest BCUT2D eigenvalue weighted by Crippen LogP contribution is 2.37. The van der Waals surface area contributed by atoms with Crippen LogP contribution < -0.4 is 5.32 Å². The van der Waals surface area contributed by atoms with E-state index in [4.69, 9.17) is 0 Å². The quantitative estimate of drug-likeness (QED) is 0.771. The van der Waals surface area contributed by atoms with Crippen LogP contribution in [0, 0.1) is 0 Å². The summed E-state index contributed by atoms with van der Waals surface area (Å²) >= 11 is 2.96. The molecule has 0 heterocycles. The van der Waals surface area contributed by atoms with E-state index in [1.807, 2.05) is 0 Å². The fourth-order valence-electron chi connectivity index (χ4n) is 1.69. The minimum Gasteiger partial charge on any atom is -0.390 e. The van der Waals surface area contributed by atoms with Crippen molar-refractivity contribution < 1.29 is 23.4 Å². The maximum absolute atomic E-state index is 12.9. The molecule has 2 atom stereocenters. The van der Waals surface area contributed by atoms with E-state index < -0.39 is 23.9 Å². The van der Waals surface area contributed by atoms with E-state index in [1.54, 1.807) is 7.05 Å². The zero-order valence-electron chi connectivity index (χ0n) is 10.2. The van der Waals surface area contributed by atoms with Crippen LogP contribution in [0.25, 0.3) is 0 Å². The Balaban J connectivity index is 3.05. The zero-order chi connectivity index (χ0) is 14.6. The van der Waals surface area contributed by atoms with Gasteiger partial charge >= 0.3 is 6.18 Å². The van der Waals surface area contributed by atoms with Crippen molar-refractivity contribution in [2.75, 3.05) is 13.6 Å². The predicted molar refractivity (Wildman–Crippen MR) is 68.7 cm³/mol. The first-order valence-electron chi connectivity index (χ1n) is 5.64. The molecule has 1 aromatic rings. The standard InChI is InChI=1S/C12H15BrF3NO2/c1-17-5-4-10(18)11(19)8-3-2-7(13)6-9(8)12(14,15)16/h2-3,6,10-11,17-19H,4-5H2,1H3. The molecule has 7 heteroatoms. The lowest BCUT2D eigenvalue weighted by atomic mass is 9.97. The predicted octanol–water partition coefficient (Wildman–Crippen LogP) is 2.47. The largest absolute Gasteiger partial charge is 0.416 e. The van der Waals surface area contributed by atoms with Gasteiger partial charge in [0, 0.05) is 4.47 Å². The van der Waals surface area contributed by atoms with Gasteiger partial charge in [0.2, 0.25) is 0 Å². The van der Waals surface area contributed by atoms with Crippen molar-refractivity contribution >= 4 is 15.9 Å². The molecule has 0 saturated heterocycles. The molecule has 3 nitrogen and oxygen atoms in total. The van der Waals surface area contributed by atoms with Crippen molar-refractivity contribution in [2.24, 2.45) is 0 Å². The van der Waals surface area contributed by atoms with Crippen LogP contribution >= 0.6 is 15.9 Å². The summed E-state index contributed by atoms with van der Waals surface area (Å²) in [4.78, 5) is 0.